The summed E-state index contributed by atoms with van der Waals surface area (Å²) >= 11 is 5.88. The van der Waals surface area contributed by atoms with Gasteiger partial charge in [-0.1, -0.05) is 23.7 Å². The summed E-state index contributed by atoms with van der Waals surface area (Å²) in [6.45, 7) is 7.54. The molecule has 0 fully saturated rings. The van der Waals surface area contributed by atoms with Gasteiger partial charge in [-0.05, 0) is 45.4 Å². The van der Waals surface area contributed by atoms with Crippen molar-refractivity contribution in [3.05, 3.63) is 34.9 Å². The van der Waals surface area contributed by atoms with Gasteiger partial charge in [0.15, 0.2) is 0 Å². The Balaban J connectivity index is 2.99. The molecule has 0 radical (unpaired) electrons. The Morgan fingerprint density at radius 1 is 1.38 bits per heavy atom. The van der Waals surface area contributed by atoms with Crippen molar-refractivity contribution in [1.29, 1.82) is 0 Å². The number of hydrogen-bond donors (Lipinski definition) is 0. The summed E-state index contributed by atoms with van der Waals surface area (Å²) in [4.78, 5) is 0. The van der Waals surface area contributed by atoms with Crippen LogP contribution in [-0.4, -0.2) is 14.7 Å². The number of rotatable bonds is 2. The van der Waals surface area contributed by atoms with E-state index in [1.54, 1.807) is 6.07 Å². The fraction of sp³-hybridized carbons (Fsp3) is 0.417. The van der Waals surface area contributed by atoms with Crippen molar-refractivity contribution in [2.24, 2.45) is 4.40 Å². The second kappa shape index (κ2) is 5.11. The molecule has 0 spiro atoms. The Morgan fingerprint density at radius 3 is 2.50 bits per heavy atom. The largest absolute Gasteiger partial charge is 0.234 e. The molecule has 0 amide bonds. The zero-order valence-corrected chi connectivity index (χ0v) is 11.5. The maximum absolute atomic E-state index is 11.8. The van der Waals surface area contributed by atoms with Crippen LogP contribution in [0.3, 0.4) is 0 Å². The molecule has 0 saturated carbocycles. The minimum Gasteiger partial charge on any atom is -0.234 e. The first-order chi connectivity index (χ1) is 7.30. The number of hydrogen-bond acceptors (Lipinski definition) is 1. The zero-order chi connectivity index (χ0) is 12.3. The molecule has 0 aromatic heterocycles. The molecule has 0 heterocycles. The molecular formula is C12H16ClNOS. The van der Waals surface area contributed by atoms with Gasteiger partial charge in [-0.25, -0.2) is 4.21 Å². The van der Waals surface area contributed by atoms with Crippen LogP contribution in [0.1, 0.15) is 33.3 Å². The second-order valence-corrected chi connectivity index (χ2v) is 6.89. The van der Waals surface area contributed by atoms with Crippen LogP contribution >= 0.6 is 11.6 Å². The normalized spacial score (nSPS) is 14.9. The summed E-state index contributed by atoms with van der Waals surface area (Å²) in [7, 11) is -1.23. The molecule has 88 valence electrons. The molecule has 0 saturated heterocycles. The van der Waals surface area contributed by atoms with Gasteiger partial charge in [0.25, 0.3) is 0 Å². The van der Waals surface area contributed by atoms with Crippen molar-refractivity contribution in [1.82, 2.24) is 0 Å². The van der Waals surface area contributed by atoms with Gasteiger partial charge in [-0.15, -0.1) is 0 Å². The van der Waals surface area contributed by atoms with E-state index in [-0.39, 0.29) is 4.75 Å². The Kier molecular flexibility index (Phi) is 4.28. The number of halogens is 1. The predicted molar refractivity (Wildman–Crippen MR) is 71.6 cm³/mol. The first-order valence-electron chi connectivity index (χ1n) is 5.04. The topological polar surface area (TPSA) is 29.4 Å². The van der Waals surface area contributed by atoms with Crippen molar-refractivity contribution in [2.75, 3.05) is 0 Å². The molecule has 0 N–H and O–H groups in total. The maximum Gasteiger partial charge on any atom is 0.145 e. The van der Waals surface area contributed by atoms with Crippen LogP contribution in [-0.2, 0) is 11.0 Å². The summed E-state index contributed by atoms with van der Waals surface area (Å²) in [5, 5.41) is 0.661. The van der Waals surface area contributed by atoms with Crippen molar-refractivity contribution in [2.45, 2.75) is 32.4 Å². The lowest BCUT2D eigenvalue weighted by Crippen LogP contribution is -2.20. The molecule has 0 aliphatic carbocycles. The summed E-state index contributed by atoms with van der Waals surface area (Å²) in [5.41, 5.74) is 1.65. The molecule has 1 aromatic carbocycles. The van der Waals surface area contributed by atoms with Crippen LogP contribution < -0.4 is 0 Å². The van der Waals surface area contributed by atoms with Crippen molar-refractivity contribution in [3.8, 4) is 0 Å². The highest BCUT2D eigenvalue weighted by atomic mass is 35.5. The smallest absolute Gasteiger partial charge is 0.145 e. The third-order valence-corrected chi connectivity index (χ3v) is 3.71. The lowest BCUT2D eigenvalue weighted by atomic mass is 10.1. The Labute approximate surface area is 104 Å². The maximum atomic E-state index is 11.8. The van der Waals surface area contributed by atoms with E-state index in [9.17, 15) is 4.21 Å². The molecule has 1 atom stereocenters. The SMILES string of the molecule is CC(=N[S@](=O)C(C)(C)C)c1cccc(Cl)c1. The van der Waals surface area contributed by atoms with Crippen molar-refractivity contribution in [3.63, 3.8) is 0 Å². The van der Waals surface area contributed by atoms with Crippen LogP contribution in [0.25, 0.3) is 0 Å². The number of nitrogens with zero attached hydrogens (tertiary/aromatic N) is 1. The van der Waals surface area contributed by atoms with Gasteiger partial charge in [-0.2, -0.15) is 4.40 Å². The van der Waals surface area contributed by atoms with Gasteiger partial charge in [-0.3, -0.25) is 0 Å². The minimum atomic E-state index is -1.23. The fourth-order valence-corrected chi connectivity index (χ4v) is 1.85. The zero-order valence-electron chi connectivity index (χ0n) is 9.95. The van der Waals surface area contributed by atoms with Gasteiger partial charge in [0.1, 0.15) is 11.0 Å². The Bertz CT molecular complexity index is 435. The molecular weight excluding hydrogens is 242 g/mol. The van der Waals surface area contributed by atoms with E-state index in [1.165, 1.54) is 0 Å². The van der Waals surface area contributed by atoms with Crippen LogP contribution in [0.2, 0.25) is 5.02 Å². The van der Waals surface area contributed by atoms with Gasteiger partial charge in [0, 0.05) is 5.02 Å². The molecule has 16 heavy (non-hydrogen) atoms. The quantitative estimate of drug-likeness (QED) is 0.745. The van der Waals surface area contributed by atoms with Crippen molar-refractivity contribution < 1.29 is 4.21 Å². The minimum absolute atomic E-state index is 0.333. The average Bonchev–Trinajstić information content (AvgIpc) is 2.16. The first-order valence-corrected chi connectivity index (χ1v) is 6.52. The lowest BCUT2D eigenvalue weighted by Gasteiger charge is -2.14. The van der Waals surface area contributed by atoms with E-state index in [0.29, 0.717) is 5.02 Å². The molecule has 0 unspecified atom stereocenters. The number of benzene rings is 1. The van der Waals surface area contributed by atoms with Gasteiger partial charge in [0.05, 0.1) is 10.5 Å². The monoisotopic (exact) mass is 257 g/mol. The summed E-state index contributed by atoms with van der Waals surface area (Å²) in [5.74, 6) is 0. The van der Waals surface area contributed by atoms with Crippen LogP contribution in [0, 0.1) is 0 Å². The molecule has 4 heteroatoms. The van der Waals surface area contributed by atoms with E-state index in [1.807, 2.05) is 45.9 Å². The average molecular weight is 258 g/mol. The van der Waals surface area contributed by atoms with Crippen LogP contribution in [0.5, 0.6) is 0 Å². The Morgan fingerprint density at radius 2 is 2.00 bits per heavy atom. The highest BCUT2D eigenvalue weighted by Gasteiger charge is 2.19. The first kappa shape index (κ1) is 13.4. The molecule has 1 aromatic rings. The summed E-state index contributed by atoms with van der Waals surface area (Å²) < 4.78 is 15.7. The van der Waals surface area contributed by atoms with Crippen molar-refractivity contribution >= 4 is 28.3 Å². The predicted octanol–water partition coefficient (Wildman–Crippen LogP) is 3.61. The van der Waals surface area contributed by atoms with E-state index in [2.05, 4.69) is 4.40 Å². The van der Waals surface area contributed by atoms with Gasteiger partial charge < -0.3 is 0 Å². The second-order valence-electron chi connectivity index (χ2n) is 4.55. The molecule has 0 aliphatic heterocycles. The van der Waals surface area contributed by atoms with Gasteiger partial charge >= 0.3 is 0 Å². The summed E-state index contributed by atoms with van der Waals surface area (Å²) in [6, 6.07) is 7.39. The highest BCUT2D eigenvalue weighted by molar-refractivity contribution is 7.85. The summed E-state index contributed by atoms with van der Waals surface area (Å²) in [6.07, 6.45) is 0. The molecule has 2 nitrogen and oxygen atoms in total. The van der Waals surface area contributed by atoms with Crippen LogP contribution in [0.15, 0.2) is 28.7 Å². The van der Waals surface area contributed by atoms with E-state index in [0.717, 1.165) is 11.3 Å². The van der Waals surface area contributed by atoms with E-state index in [4.69, 9.17) is 11.6 Å². The van der Waals surface area contributed by atoms with E-state index < -0.39 is 11.0 Å². The molecule has 0 bridgehead atoms. The lowest BCUT2D eigenvalue weighted by molar-refractivity contribution is 0.650. The third-order valence-electron chi connectivity index (χ3n) is 1.99. The standard InChI is InChI=1S/C12H16ClNOS/c1-9(14-16(15)12(2,3)4)10-6-5-7-11(13)8-10/h5-8H,1-4H3/t16-/m1/s1. The highest BCUT2D eigenvalue weighted by Crippen LogP contribution is 2.16. The molecule has 0 aliphatic rings. The molecule has 1 rings (SSSR count). The fourth-order valence-electron chi connectivity index (χ4n) is 1.03. The Hall–Kier alpha value is -0.670. The van der Waals surface area contributed by atoms with E-state index >= 15 is 0 Å². The van der Waals surface area contributed by atoms with Crippen LogP contribution in [0.4, 0.5) is 0 Å². The third kappa shape index (κ3) is 3.72. The van der Waals surface area contributed by atoms with Gasteiger partial charge in [0.2, 0.25) is 0 Å².